The number of ether oxygens (including phenoxy) is 1. The van der Waals surface area contributed by atoms with Gasteiger partial charge in [-0.25, -0.2) is 0 Å². The van der Waals surface area contributed by atoms with Crippen LogP contribution in [0.15, 0.2) is 58.2 Å². The van der Waals surface area contributed by atoms with E-state index in [2.05, 4.69) is 26.6 Å². The van der Waals surface area contributed by atoms with Crippen molar-refractivity contribution in [2.75, 3.05) is 7.11 Å². The standard InChI is InChI=1S/C19H17BrN2O3S/c1-10-15(17(23)11-6-4-3-5-7-11)16(22-19(26)21-10)13-8-12(20)9-14(25-2)18(13)24/h3-9,16,24H,1-2H3,(H2,21,22,26). The van der Waals surface area contributed by atoms with Crippen molar-refractivity contribution in [3.8, 4) is 11.5 Å². The molecule has 26 heavy (non-hydrogen) atoms. The summed E-state index contributed by atoms with van der Waals surface area (Å²) in [6.07, 6.45) is 0. The predicted molar refractivity (Wildman–Crippen MR) is 107 cm³/mol. The van der Waals surface area contributed by atoms with Crippen LogP contribution < -0.4 is 15.4 Å². The Bertz CT molecular complexity index is 913. The second-order valence-electron chi connectivity index (χ2n) is 5.81. The number of Topliss-reactive ketones (excluding diaryl/α,β-unsaturated/α-hetero) is 1. The number of carbonyl (C=O) groups is 1. The number of aromatic hydroxyl groups is 1. The molecule has 3 rings (SSSR count). The van der Waals surface area contributed by atoms with Gasteiger partial charge in [0.1, 0.15) is 0 Å². The fraction of sp³-hybridized carbons (Fsp3) is 0.158. The van der Waals surface area contributed by atoms with Gasteiger partial charge in [-0.2, -0.15) is 0 Å². The summed E-state index contributed by atoms with van der Waals surface area (Å²) in [6.45, 7) is 1.79. The number of allylic oxidation sites excluding steroid dienone is 1. The van der Waals surface area contributed by atoms with Crippen molar-refractivity contribution in [3.63, 3.8) is 0 Å². The summed E-state index contributed by atoms with van der Waals surface area (Å²) in [7, 11) is 1.48. The number of methoxy groups -OCH3 is 1. The van der Waals surface area contributed by atoms with Crippen LogP contribution in [0.1, 0.15) is 28.9 Å². The van der Waals surface area contributed by atoms with E-state index in [4.69, 9.17) is 17.0 Å². The van der Waals surface area contributed by atoms with Crippen LogP contribution in [0.5, 0.6) is 11.5 Å². The third-order valence-electron chi connectivity index (χ3n) is 4.15. The van der Waals surface area contributed by atoms with E-state index in [0.29, 0.717) is 33.3 Å². The maximum atomic E-state index is 13.1. The summed E-state index contributed by atoms with van der Waals surface area (Å²) in [6, 6.07) is 11.8. The van der Waals surface area contributed by atoms with Gasteiger partial charge in [0.05, 0.1) is 13.2 Å². The van der Waals surface area contributed by atoms with E-state index < -0.39 is 6.04 Å². The van der Waals surface area contributed by atoms with Gasteiger partial charge in [-0.3, -0.25) is 4.79 Å². The highest BCUT2D eigenvalue weighted by Crippen LogP contribution is 2.41. The molecule has 0 saturated carbocycles. The molecule has 5 nitrogen and oxygen atoms in total. The Labute approximate surface area is 165 Å². The van der Waals surface area contributed by atoms with E-state index in [9.17, 15) is 9.90 Å². The SMILES string of the molecule is COc1cc(Br)cc(C2NC(=S)NC(C)=C2C(=O)c2ccccc2)c1O. The molecule has 2 aromatic carbocycles. The zero-order valence-corrected chi connectivity index (χ0v) is 16.6. The van der Waals surface area contributed by atoms with Gasteiger partial charge in [-0.05, 0) is 31.3 Å². The van der Waals surface area contributed by atoms with Gasteiger partial charge in [0.15, 0.2) is 22.4 Å². The Balaban J connectivity index is 2.16. The van der Waals surface area contributed by atoms with Gasteiger partial charge in [0.25, 0.3) is 0 Å². The van der Waals surface area contributed by atoms with Crippen LogP contribution in [0.4, 0.5) is 0 Å². The maximum absolute atomic E-state index is 13.1. The molecule has 0 bridgehead atoms. The lowest BCUT2D eigenvalue weighted by atomic mass is 9.89. The van der Waals surface area contributed by atoms with Crippen LogP contribution in [-0.4, -0.2) is 23.1 Å². The fourth-order valence-corrected chi connectivity index (χ4v) is 3.67. The normalized spacial score (nSPS) is 16.7. The van der Waals surface area contributed by atoms with Crippen LogP contribution in [0.2, 0.25) is 0 Å². The highest BCUT2D eigenvalue weighted by molar-refractivity contribution is 9.10. The molecule has 1 aliphatic rings. The fourth-order valence-electron chi connectivity index (χ4n) is 2.94. The Hall–Kier alpha value is -2.38. The first-order chi connectivity index (χ1) is 12.4. The number of hydrogen-bond donors (Lipinski definition) is 3. The number of phenols is 1. The molecular weight excluding hydrogens is 416 g/mol. The molecule has 0 aliphatic carbocycles. The number of nitrogens with one attached hydrogen (secondary N) is 2. The van der Waals surface area contributed by atoms with Crippen LogP contribution >= 0.6 is 28.1 Å². The van der Waals surface area contributed by atoms with Crippen molar-refractivity contribution in [2.24, 2.45) is 0 Å². The number of benzene rings is 2. The Kier molecular flexibility index (Phi) is 5.29. The molecular formula is C19H17BrN2O3S. The molecule has 0 fully saturated rings. The van der Waals surface area contributed by atoms with E-state index in [1.807, 2.05) is 18.2 Å². The molecule has 0 saturated heterocycles. The highest BCUT2D eigenvalue weighted by atomic mass is 79.9. The molecule has 1 heterocycles. The lowest BCUT2D eigenvalue weighted by molar-refractivity contribution is 0.102. The second-order valence-corrected chi connectivity index (χ2v) is 7.14. The van der Waals surface area contributed by atoms with E-state index in [1.54, 1.807) is 31.2 Å². The van der Waals surface area contributed by atoms with Crippen molar-refractivity contribution < 1.29 is 14.6 Å². The summed E-state index contributed by atoms with van der Waals surface area (Å²) in [4.78, 5) is 13.1. The lowest BCUT2D eigenvalue weighted by Gasteiger charge is -2.31. The van der Waals surface area contributed by atoms with Crippen LogP contribution in [-0.2, 0) is 0 Å². The Morgan fingerprint density at radius 2 is 1.96 bits per heavy atom. The van der Waals surface area contributed by atoms with Crippen molar-refractivity contribution in [2.45, 2.75) is 13.0 Å². The number of thiocarbonyl (C=S) groups is 1. The van der Waals surface area contributed by atoms with Crippen LogP contribution in [0.3, 0.4) is 0 Å². The first kappa shape index (κ1) is 18.4. The summed E-state index contributed by atoms with van der Waals surface area (Å²) in [5.74, 6) is 0.128. The van der Waals surface area contributed by atoms with Gasteiger partial charge < -0.3 is 20.5 Å². The summed E-state index contributed by atoms with van der Waals surface area (Å²) >= 11 is 8.68. The molecule has 1 atom stereocenters. The van der Waals surface area contributed by atoms with Gasteiger partial charge in [0.2, 0.25) is 0 Å². The average Bonchev–Trinajstić information content (AvgIpc) is 2.63. The van der Waals surface area contributed by atoms with Gasteiger partial charge in [-0.1, -0.05) is 46.3 Å². The van der Waals surface area contributed by atoms with E-state index >= 15 is 0 Å². The second kappa shape index (κ2) is 7.47. The minimum atomic E-state index is -0.608. The number of hydrogen-bond acceptors (Lipinski definition) is 4. The first-order valence-corrected chi connectivity index (χ1v) is 9.07. The van der Waals surface area contributed by atoms with Gasteiger partial charge in [0, 0.05) is 26.9 Å². The van der Waals surface area contributed by atoms with Gasteiger partial charge in [-0.15, -0.1) is 0 Å². The van der Waals surface area contributed by atoms with Crippen molar-refractivity contribution in [3.05, 3.63) is 69.3 Å². The minimum Gasteiger partial charge on any atom is -0.504 e. The summed E-state index contributed by atoms with van der Waals surface area (Å²) < 4.78 is 5.95. The molecule has 1 unspecified atom stereocenters. The highest BCUT2D eigenvalue weighted by Gasteiger charge is 2.33. The van der Waals surface area contributed by atoms with Crippen molar-refractivity contribution in [1.29, 1.82) is 0 Å². The van der Waals surface area contributed by atoms with Crippen LogP contribution in [0.25, 0.3) is 0 Å². The molecule has 0 aromatic heterocycles. The molecule has 134 valence electrons. The molecule has 2 aromatic rings. The van der Waals surface area contributed by atoms with E-state index in [-0.39, 0.29) is 11.5 Å². The quantitative estimate of drug-likeness (QED) is 0.503. The zero-order chi connectivity index (χ0) is 18.8. The predicted octanol–water partition coefficient (Wildman–Crippen LogP) is 3.84. The Morgan fingerprint density at radius 3 is 2.62 bits per heavy atom. The van der Waals surface area contributed by atoms with Crippen molar-refractivity contribution in [1.82, 2.24) is 10.6 Å². The largest absolute Gasteiger partial charge is 0.504 e. The molecule has 0 spiro atoms. The monoisotopic (exact) mass is 432 g/mol. The molecule has 0 amide bonds. The topological polar surface area (TPSA) is 70.6 Å². The Morgan fingerprint density at radius 1 is 1.27 bits per heavy atom. The summed E-state index contributed by atoms with van der Waals surface area (Å²) in [5.41, 5.74) is 2.19. The minimum absolute atomic E-state index is 0.0379. The molecule has 7 heteroatoms. The van der Waals surface area contributed by atoms with Crippen molar-refractivity contribution >= 4 is 39.0 Å². The number of rotatable bonds is 4. The number of phenolic OH excluding ortho intramolecular Hbond substituents is 1. The average molecular weight is 433 g/mol. The van der Waals surface area contributed by atoms with E-state index in [0.717, 1.165) is 4.47 Å². The number of halogens is 1. The maximum Gasteiger partial charge on any atom is 0.193 e. The zero-order valence-electron chi connectivity index (χ0n) is 14.2. The number of carbonyl (C=O) groups excluding carboxylic acids is 1. The third-order valence-corrected chi connectivity index (χ3v) is 4.83. The smallest absolute Gasteiger partial charge is 0.193 e. The van der Waals surface area contributed by atoms with E-state index in [1.165, 1.54) is 7.11 Å². The van der Waals surface area contributed by atoms with Crippen LogP contribution in [0, 0.1) is 0 Å². The number of ketones is 1. The molecule has 3 N–H and O–H groups in total. The third kappa shape index (κ3) is 3.45. The lowest BCUT2D eigenvalue weighted by Crippen LogP contribution is -2.44. The molecule has 0 radical (unpaired) electrons. The van der Waals surface area contributed by atoms with Gasteiger partial charge >= 0.3 is 0 Å². The first-order valence-electron chi connectivity index (χ1n) is 7.86. The molecule has 1 aliphatic heterocycles. The summed E-state index contributed by atoms with van der Waals surface area (Å²) in [5, 5.41) is 17.1.